The summed E-state index contributed by atoms with van der Waals surface area (Å²) in [4.78, 5) is 14.4. The molecule has 3 rings (SSSR count). The quantitative estimate of drug-likeness (QED) is 0.842. The van der Waals surface area contributed by atoms with Crippen molar-refractivity contribution >= 4 is 15.7 Å². The zero-order valence-electron chi connectivity index (χ0n) is 13.6. The van der Waals surface area contributed by atoms with E-state index in [2.05, 4.69) is 0 Å². The lowest BCUT2D eigenvalue weighted by molar-refractivity contribution is -0.137. The van der Waals surface area contributed by atoms with Crippen LogP contribution in [0.3, 0.4) is 0 Å². The van der Waals surface area contributed by atoms with Crippen molar-refractivity contribution < 1.29 is 17.9 Å². The number of carbonyl (C=O) groups excluding carboxylic acids is 1. The third-order valence-electron chi connectivity index (χ3n) is 4.97. The van der Waals surface area contributed by atoms with E-state index in [1.54, 1.807) is 0 Å². The van der Waals surface area contributed by atoms with Gasteiger partial charge in [-0.3, -0.25) is 4.79 Å². The Hall–Kier alpha value is -1.56. The van der Waals surface area contributed by atoms with E-state index in [0.717, 1.165) is 18.4 Å². The van der Waals surface area contributed by atoms with Gasteiger partial charge in [0.15, 0.2) is 6.61 Å². The lowest BCUT2D eigenvalue weighted by atomic mass is 10.0. The van der Waals surface area contributed by atoms with Crippen LogP contribution in [-0.4, -0.2) is 49.4 Å². The van der Waals surface area contributed by atoms with Crippen LogP contribution in [-0.2, 0) is 14.6 Å². The first-order valence-electron chi connectivity index (χ1n) is 8.04. The Morgan fingerprint density at radius 3 is 2.26 bits per heavy atom. The molecule has 2 saturated heterocycles. The van der Waals surface area contributed by atoms with E-state index in [0.29, 0.717) is 18.6 Å². The fourth-order valence-corrected chi connectivity index (χ4v) is 4.88. The molecule has 0 aromatic heterocycles. The van der Waals surface area contributed by atoms with Crippen molar-refractivity contribution in [1.82, 2.24) is 4.90 Å². The molecule has 5 nitrogen and oxygen atoms in total. The molecule has 2 aliphatic heterocycles. The summed E-state index contributed by atoms with van der Waals surface area (Å²) in [5.41, 5.74) is 1.14. The summed E-state index contributed by atoms with van der Waals surface area (Å²) >= 11 is 0. The van der Waals surface area contributed by atoms with Gasteiger partial charge in [-0.2, -0.15) is 0 Å². The Labute approximate surface area is 137 Å². The van der Waals surface area contributed by atoms with Crippen LogP contribution >= 0.6 is 0 Å². The number of benzene rings is 1. The number of hydrogen-bond donors (Lipinski definition) is 0. The molecule has 0 N–H and O–H groups in total. The predicted molar refractivity (Wildman–Crippen MR) is 88.2 cm³/mol. The second-order valence-electron chi connectivity index (χ2n) is 6.71. The molecule has 2 fully saturated rings. The van der Waals surface area contributed by atoms with Crippen molar-refractivity contribution in [3.63, 3.8) is 0 Å². The molecule has 1 amide bonds. The second kappa shape index (κ2) is 6.15. The molecule has 6 heteroatoms. The Morgan fingerprint density at radius 2 is 1.74 bits per heavy atom. The molecule has 0 spiro atoms. The maximum Gasteiger partial charge on any atom is 0.261 e. The summed E-state index contributed by atoms with van der Waals surface area (Å²) in [5.74, 6) is 0.646. The zero-order valence-corrected chi connectivity index (χ0v) is 14.4. The summed E-state index contributed by atoms with van der Waals surface area (Å²) in [6.45, 7) is 2.01. The zero-order chi connectivity index (χ0) is 16.6. The number of amides is 1. The van der Waals surface area contributed by atoms with Gasteiger partial charge in [-0.15, -0.1) is 0 Å². The normalized spacial score (nSPS) is 27.0. The van der Waals surface area contributed by atoms with Gasteiger partial charge in [0.1, 0.15) is 15.6 Å². The van der Waals surface area contributed by atoms with Crippen molar-refractivity contribution in [2.45, 2.75) is 49.9 Å². The average molecular weight is 337 g/mol. The first-order chi connectivity index (χ1) is 10.8. The van der Waals surface area contributed by atoms with E-state index in [-0.39, 0.29) is 29.8 Å². The number of sulfone groups is 1. The first kappa shape index (κ1) is 16.3. The van der Waals surface area contributed by atoms with Gasteiger partial charge in [-0.25, -0.2) is 8.42 Å². The summed E-state index contributed by atoms with van der Waals surface area (Å²) in [7, 11) is -3.03. The molecule has 126 valence electrons. The van der Waals surface area contributed by atoms with Crippen LogP contribution in [0.25, 0.3) is 0 Å². The second-order valence-corrected chi connectivity index (χ2v) is 9.04. The number of fused-ring (bicyclic) bond motifs is 2. The van der Waals surface area contributed by atoms with E-state index in [9.17, 15) is 13.2 Å². The highest BCUT2D eigenvalue weighted by atomic mass is 32.2. The maximum absolute atomic E-state index is 12.5. The van der Waals surface area contributed by atoms with Crippen molar-refractivity contribution in [2.24, 2.45) is 0 Å². The van der Waals surface area contributed by atoms with Gasteiger partial charge >= 0.3 is 0 Å². The number of ether oxygens (including phenoxy) is 1. The highest BCUT2D eigenvalue weighted by molar-refractivity contribution is 7.91. The van der Waals surface area contributed by atoms with Gasteiger partial charge in [0, 0.05) is 18.3 Å². The van der Waals surface area contributed by atoms with Gasteiger partial charge < -0.3 is 9.64 Å². The standard InChI is InChI=1S/C17H23NO4S/c1-12-3-7-15(8-4-12)22-11-17(19)18-13-5-6-14(18)10-16(9-13)23(2,20)21/h3-4,7-8,13-14,16H,5-6,9-11H2,1-2H3. The molecule has 0 aliphatic carbocycles. The van der Waals surface area contributed by atoms with E-state index < -0.39 is 9.84 Å². The number of aryl methyl sites for hydroxylation is 1. The molecule has 1 aromatic rings. The van der Waals surface area contributed by atoms with Crippen molar-refractivity contribution in [3.8, 4) is 5.75 Å². The van der Waals surface area contributed by atoms with Crippen LogP contribution in [0.15, 0.2) is 24.3 Å². The fourth-order valence-electron chi connectivity index (χ4n) is 3.74. The van der Waals surface area contributed by atoms with Gasteiger partial charge in [0.25, 0.3) is 5.91 Å². The Bertz CT molecular complexity index is 669. The Kier molecular flexibility index (Phi) is 4.36. The molecule has 2 unspecified atom stereocenters. The largest absolute Gasteiger partial charge is 0.484 e. The summed E-state index contributed by atoms with van der Waals surface area (Å²) in [6, 6.07) is 7.69. The van der Waals surface area contributed by atoms with Crippen LogP contribution in [0.5, 0.6) is 5.75 Å². The molecular formula is C17H23NO4S. The Balaban J connectivity index is 1.62. The minimum Gasteiger partial charge on any atom is -0.484 e. The van der Waals surface area contributed by atoms with Gasteiger partial charge in [-0.1, -0.05) is 17.7 Å². The molecule has 0 saturated carbocycles. The number of rotatable bonds is 4. The van der Waals surface area contributed by atoms with Crippen LogP contribution in [0.2, 0.25) is 0 Å². The predicted octanol–water partition coefficient (Wildman–Crippen LogP) is 1.94. The lowest BCUT2D eigenvalue weighted by Gasteiger charge is -2.38. The minimum absolute atomic E-state index is 0.0135. The molecular weight excluding hydrogens is 314 g/mol. The van der Waals surface area contributed by atoms with E-state index >= 15 is 0 Å². The topological polar surface area (TPSA) is 63.7 Å². The summed E-state index contributed by atoms with van der Waals surface area (Å²) in [6.07, 6.45) is 4.21. The highest BCUT2D eigenvalue weighted by Crippen LogP contribution is 2.38. The van der Waals surface area contributed by atoms with E-state index in [1.807, 2.05) is 36.1 Å². The van der Waals surface area contributed by atoms with Gasteiger partial charge in [-0.05, 0) is 44.7 Å². The van der Waals surface area contributed by atoms with Gasteiger partial charge in [0.05, 0.1) is 5.25 Å². The third kappa shape index (κ3) is 3.52. The highest BCUT2D eigenvalue weighted by Gasteiger charge is 2.45. The summed E-state index contributed by atoms with van der Waals surface area (Å²) < 4.78 is 29.2. The fraction of sp³-hybridized carbons (Fsp3) is 0.588. The molecule has 2 atom stereocenters. The monoisotopic (exact) mass is 337 g/mol. The maximum atomic E-state index is 12.5. The van der Waals surface area contributed by atoms with Crippen LogP contribution in [0, 0.1) is 6.92 Å². The lowest BCUT2D eigenvalue weighted by Crippen LogP contribution is -2.51. The van der Waals surface area contributed by atoms with Crippen LogP contribution in [0.1, 0.15) is 31.2 Å². The molecule has 2 bridgehead atoms. The number of carbonyl (C=O) groups is 1. The average Bonchev–Trinajstić information content (AvgIpc) is 2.75. The molecule has 23 heavy (non-hydrogen) atoms. The van der Waals surface area contributed by atoms with Crippen molar-refractivity contribution in [3.05, 3.63) is 29.8 Å². The molecule has 0 radical (unpaired) electrons. The number of hydrogen-bond acceptors (Lipinski definition) is 4. The smallest absolute Gasteiger partial charge is 0.261 e. The number of piperidine rings is 1. The van der Waals surface area contributed by atoms with E-state index in [1.165, 1.54) is 6.26 Å². The van der Waals surface area contributed by atoms with Crippen LogP contribution < -0.4 is 4.74 Å². The van der Waals surface area contributed by atoms with Crippen LogP contribution in [0.4, 0.5) is 0 Å². The van der Waals surface area contributed by atoms with Crippen molar-refractivity contribution in [1.29, 1.82) is 0 Å². The van der Waals surface area contributed by atoms with Crippen molar-refractivity contribution in [2.75, 3.05) is 12.9 Å². The minimum atomic E-state index is -3.03. The third-order valence-corrected chi connectivity index (χ3v) is 6.56. The van der Waals surface area contributed by atoms with Gasteiger partial charge in [0.2, 0.25) is 0 Å². The molecule has 1 aromatic carbocycles. The Morgan fingerprint density at radius 1 is 1.17 bits per heavy atom. The molecule has 2 heterocycles. The molecule has 2 aliphatic rings. The van der Waals surface area contributed by atoms with E-state index in [4.69, 9.17) is 4.74 Å². The SMILES string of the molecule is Cc1ccc(OCC(=O)N2C3CCC2CC(S(C)(=O)=O)C3)cc1. The first-order valence-corrected chi connectivity index (χ1v) is 9.99. The summed E-state index contributed by atoms with van der Waals surface area (Å²) in [5, 5.41) is -0.304. The number of nitrogens with zero attached hydrogens (tertiary/aromatic N) is 1.